The molecule has 1 aliphatic rings. The molecule has 1 aliphatic heterocycles. The van der Waals surface area contributed by atoms with Crippen LogP contribution in [0.1, 0.15) is 5.56 Å². The number of benzene rings is 1. The monoisotopic (exact) mass is 262 g/mol. The average molecular weight is 262 g/mol. The van der Waals surface area contributed by atoms with Gasteiger partial charge in [-0.2, -0.15) is 4.99 Å². The lowest BCUT2D eigenvalue weighted by molar-refractivity contribution is -0.156. The third-order valence-corrected chi connectivity index (χ3v) is 2.47. The Bertz CT molecular complexity index is 511. The van der Waals surface area contributed by atoms with Crippen molar-refractivity contribution in [3.8, 4) is 0 Å². The maximum absolute atomic E-state index is 11.7. The predicted octanol–water partition coefficient (Wildman–Crippen LogP) is 0.573. The van der Waals surface area contributed by atoms with E-state index in [4.69, 9.17) is 9.47 Å². The summed E-state index contributed by atoms with van der Waals surface area (Å²) in [4.78, 5) is 28.4. The fourth-order valence-corrected chi connectivity index (χ4v) is 1.49. The Morgan fingerprint density at radius 1 is 1.37 bits per heavy atom. The van der Waals surface area contributed by atoms with Crippen LogP contribution in [-0.4, -0.2) is 43.0 Å². The summed E-state index contributed by atoms with van der Waals surface area (Å²) in [5, 5.41) is 0. The molecule has 0 fully saturated rings. The SMILES string of the molecule is CN(C)C1=NC(=O)C(C(=O)OCc2ccccc2)O1. The van der Waals surface area contributed by atoms with Gasteiger partial charge in [0.1, 0.15) is 6.61 Å². The van der Waals surface area contributed by atoms with Crippen LogP contribution in [0.25, 0.3) is 0 Å². The Hall–Kier alpha value is -2.37. The van der Waals surface area contributed by atoms with Crippen LogP contribution in [0.4, 0.5) is 0 Å². The number of amides is 1. The third kappa shape index (κ3) is 3.09. The Morgan fingerprint density at radius 2 is 2.05 bits per heavy atom. The van der Waals surface area contributed by atoms with Gasteiger partial charge in [0.25, 0.3) is 12.1 Å². The molecule has 0 spiro atoms. The van der Waals surface area contributed by atoms with Crippen molar-refractivity contribution in [2.45, 2.75) is 12.7 Å². The summed E-state index contributed by atoms with van der Waals surface area (Å²) in [5.74, 6) is -1.36. The molecule has 1 atom stereocenters. The Balaban J connectivity index is 1.90. The lowest BCUT2D eigenvalue weighted by Gasteiger charge is -2.13. The Labute approximate surface area is 110 Å². The highest BCUT2D eigenvalue weighted by atomic mass is 16.6. The molecule has 1 unspecified atom stereocenters. The van der Waals surface area contributed by atoms with E-state index in [1.807, 2.05) is 30.3 Å². The molecule has 1 heterocycles. The van der Waals surface area contributed by atoms with Gasteiger partial charge >= 0.3 is 11.9 Å². The summed E-state index contributed by atoms with van der Waals surface area (Å²) in [6.07, 6.45) is -1.29. The van der Waals surface area contributed by atoms with E-state index in [9.17, 15) is 9.59 Å². The van der Waals surface area contributed by atoms with Crippen molar-refractivity contribution in [3.63, 3.8) is 0 Å². The zero-order valence-corrected chi connectivity index (χ0v) is 10.7. The maximum atomic E-state index is 11.7. The molecule has 1 aromatic rings. The molecule has 0 saturated heterocycles. The molecular formula is C13H14N2O4. The van der Waals surface area contributed by atoms with Crippen LogP contribution in [0.2, 0.25) is 0 Å². The third-order valence-electron chi connectivity index (χ3n) is 2.47. The summed E-state index contributed by atoms with van der Waals surface area (Å²) in [7, 11) is 3.34. The first kappa shape index (κ1) is 13.1. The van der Waals surface area contributed by atoms with Crippen molar-refractivity contribution < 1.29 is 19.1 Å². The number of rotatable bonds is 3. The van der Waals surface area contributed by atoms with Gasteiger partial charge in [-0.3, -0.25) is 4.79 Å². The topological polar surface area (TPSA) is 68.2 Å². The number of hydrogen-bond donors (Lipinski definition) is 0. The minimum atomic E-state index is -1.29. The molecule has 2 rings (SSSR count). The highest BCUT2D eigenvalue weighted by Gasteiger charge is 2.37. The van der Waals surface area contributed by atoms with E-state index in [0.29, 0.717) is 0 Å². The zero-order chi connectivity index (χ0) is 13.8. The lowest BCUT2D eigenvalue weighted by atomic mass is 10.2. The first-order chi connectivity index (χ1) is 9.08. The molecule has 19 heavy (non-hydrogen) atoms. The number of carbonyl (C=O) groups excluding carboxylic acids is 2. The number of esters is 1. The first-order valence-corrected chi connectivity index (χ1v) is 5.75. The minimum absolute atomic E-state index is 0.101. The van der Waals surface area contributed by atoms with Crippen molar-refractivity contribution in [2.24, 2.45) is 4.99 Å². The van der Waals surface area contributed by atoms with Gasteiger partial charge in [0.15, 0.2) is 0 Å². The van der Waals surface area contributed by atoms with Crippen molar-refractivity contribution in [3.05, 3.63) is 35.9 Å². The van der Waals surface area contributed by atoms with Crippen LogP contribution < -0.4 is 0 Å². The second-order valence-electron chi connectivity index (χ2n) is 4.22. The van der Waals surface area contributed by atoms with Gasteiger partial charge < -0.3 is 14.4 Å². The van der Waals surface area contributed by atoms with E-state index >= 15 is 0 Å². The van der Waals surface area contributed by atoms with E-state index in [2.05, 4.69) is 4.99 Å². The zero-order valence-electron chi connectivity index (χ0n) is 10.7. The molecule has 0 bridgehead atoms. The summed E-state index contributed by atoms with van der Waals surface area (Å²) >= 11 is 0. The fourth-order valence-electron chi connectivity index (χ4n) is 1.49. The van der Waals surface area contributed by atoms with Crippen LogP contribution in [-0.2, 0) is 25.7 Å². The van der Waals surface area contributed by atoms with Gasteiger partial charge in [0, 0.05) is 14.1 Å². The van der Waals surface area contributed by atoms with E-state index in [-0.39, 0.29) is 12.6 Å². The summed E-state index contributed by atoms with van der Waals surface area (Å²) < 4.78 is 10.2. The lowest BCUT2D eigenvalue weighted by Crippen LogP contribution is -2.32. The molecule has 6 nitrogen and oxygen atoms in total. The molecule has 1 aromatic carbocycles. The van der Waals surface area contributed by atoms with E-state index in [1.54, 1.807) is 14.1 Å². The average Bonchev–Trinajstić information content (AvgIpc) is 2.80. The summed E-state index contributed by atoms with van der Waals surface area (Å²) in [6.45, 7) is 0.101. The predicted molar refractivity (Wildman–Crippen MR) is 67.2 cm³/mol. The van der Waals surface area contributed by atoms with Crippen molar-refractivity contribution in [2.75, 3.05) is 14.1 Å². The summed E-state index contributed by atoms with van der Waals surface area (Å²) in [6, 6.07) is 9.32. The number of hydrogen-bond acceptors (Lipinski definition) is 5. The van der Waals surface area contributed by atoms with Crippen molar-refractivity contribution in [1.82, 2.24) is 4.90 Å². The van der Waals surface area contributed by atoms with Crippen LogP contribution in [0.3, 0.4) is 0 Å². The number of ether oxygens (including phenoxy) is 2. The number of aliphatic imine (C=N–C) groups is 1. The van der Waals surface area contributed by atoms with Gasteiger partial charge in [-0.1, -0.05) is 30.3 Å². The van der Waals surface area contributed by atoms with Gasteiger partial charge in [-0.25, -0.2) is 4.79 Å². The minimum Gasteiger partial charge on any atom is -0.458 e. The molecule has 0 N–H and O–H groups in total. The second-order valence-corrected chi connectivity index (χ2v) is 4.22. The fraction of sp³-hybridized carbons (Fsp3) is 0.308. The largest absolute Gasteiger partial charge is 0.458 e. The van der Waals surface area contributed by atoms with E-state index in [0.717, 1.165) is 5.56 Å². The van der Waals surface area contributed by atoms with Crippen LogP contribution >= 0.6 is 0 Å². The van der Waals surface area contributed by atoms with Crippen LogP contribution in [0.15, 0.2) is 35.3 Å². The molecule has 100 valence electrons. The molecule has 1 amide bonds. The van der Waals surface area contributed by atoms with Crippen molar-refractivity contribution >= 4 is 17.9 Å². The summed E-state index contributed by atoms with van der Waals surface area (Å²) in [5.41, 5.74) is 0.843. The maximum Gasteiger partial charge on any atom is 0.357 e. The van der Waals surface area contributed by atoms with Gasteiger partial charge in [-0.05, 0) is 5.56 Å². The van der Waals surface area contributed by atoms with Gasteiger partial charge in [0.2, 0.25) is 0 Å². The molecule has 0 aliphatic carbocycles. The quantitative estimate of drug-likeness (QED) is 0.588. The number of nitrogens with zero attached hydrogens (tertiary/aromatic N) is 2. The van der Waals surface area contributed by atoms with Gasteiger partial charge in [0.05, 0.1) is 0 Å². The van der Waals surface area contributed by atoms with E-state index in [1.165, 1.54) is 4.90 Å². The number of carbonyl (C=O) groups is 2. The highest BCUT2D eigenvalue weighted by Crippen LogP contribution is 2.11. The number of amidine groups is 1. The second kappa shape index (κ2) is 5.51. The van der Waals surface area contributed by atoms with Crippen molar-refractivity contribution in [1.29, 1.82) is 0 Å². The molecule has 0 saturated carbocycles. The molecule has 6 heteroatoms. The Kier molecular flexibility index (Phi) is 3.79. The molecular weight excluding hydrogens is 248 g/mol. The molecule has 0 radical (unpaired) electrons. The van der Waals surface area contributed by atoms with E-state index < -0.39 is 18.0 Å². The normalized spacial score (nSPS) is 17.7. The smallest absolute Gasteiger partial charge is 0.357 e. The van der Waals surface area contributed by atoms with Gasteiger partial charge in [-0.15, -0.1) is 0 Å². The highest BCUT2D eigenvalue weighted by molar-refractivity contribution is 6.09. The molecule has 0 aromatic heterocycles. The first-order valence-electron chi connectivity index (χ1n) is 5.75. The standard InChI is InChI=1S/C13H14N2O4/c1-15(2)13-14-11(16)10(19-13)12(17)18-8-9-6-4-3-5-7-9/h3-7,10H,8H2,1-2H3. The Morgan fingerprint density at radius 3 is 2.63 bits per heavy atom. The van der Waals surface area contributed by atoms with Crippen LogP contribution in [0, 0.1) is 0 Å². The van der Waals surface area contributed by atoms with Crippen LogP contribution in [0.5, 0.6) is 0 Å².